The van der Waals surface area contributed by atoms with Gasteiger partial charge in [-0.15, -0.1) is 0 Å². The van der Waals surface area contributed by atoms with Gasteiger partial charge in [-0.1, -0.05) is 12.1 Å². The van der Waals surface area contributed by atoms with Crippen LogP contribution in [0.15, 0.2) is 47.3 Å². The van der Waals surface area contributed by atoms with Crippen molar-refractivity contribution in [2.45, 2.75) is 6.92 Å². The number of carbonyl (C=O) groups is 1. The van der Waals surface area contributed by atoms with Crippen molar-refractivity contribution in [3.8, 4) is 5.75 Å². The zero-order valence-electron chi connectivity index (χ0n) is 15.5. The number of aromatic amines is 1. The number of ether oxygens (including phenoxy) is 1. The van der Waals surface area contributed by atoms with Crippen molar-refractivity contribution < 1.29 is 9.53 Å². The van der Waals surface area contributed by atoms with E-state index in [2.05, 4.69) is 4.98 Å². The number of nitrogens with one attached hydrogen (secondary N) is 1. The maximum absolute atomic E-state index is 12.7. The molecule has 1 amide bonds. The first-order valence-electron chi connectivity index (χ1n) is 8.55. The average molecular weight is 383 g/mol. The fraction of sp³-hybridized carbons (Fsp3) is 0.250. The van der Waals surface area contributed by atoms with Gasteiger partial charge in [-0.2, -0.15) is 0 Å². The zero-order valence-corrected chi connectivity index (χ0v) is 16.3. The van der Waals surface area contributed by atoms with E-state index in [9.17, 15) is 9.59 Å². The van der Waals surface area contributed by atoms with E-state index in [0.29, 0.717) is 34.4 Å². The van der Waals surface area contributed by atoms with Crippen molar-refractivity contribution >= 4 is 29.0 Å². The number of rotatable bonds is 5. The Kier molecular flexibility index (Phi) is 5.41. The summed E-state index contributed by atoms with van der Waals surface area (Å²) >= 11 is 5.14. The minimum atomic E-state index is -0.187. The molecule has 6 nitrogen and oxygen atoms in total. The molecule has 3 rings (SSSR count). The number of hydrogen-bond acceptors (Lipinski definition) is 4. The molecule has 3 aromatic rings. The van der Waals surface area contributed by atoms with Gasteiger partial charge in [0, 0.05) is 19.7 Å². The summed E-state index contributed by atoms with van der Waals surface area (Å²) in [7, 11) is 3.33. The van der Waals surface area contributed by atoms with Gasteiger partial charge in [-0.25, -0.2) is 0 Å². The third-order valence-electron chi connectivity index (χ3n) is 4.38. The molecular weight excluding hydrogens is 362 g/mol. The van der Waals surface area contributed by atoms with E-state index in [4.69, 9.17) is 17.0 Å². The molecule has 7 heteroatoms. The van der Waals surface area contributed by atoms with E-state index >= 15 is 0 Å². The van der Waals surface area contributed by atoms with Crippen LogP contribution < -0.4 is 10.3 Å². The lowest BCUT2D eigenvalue weighted by molar-refractivity contribution is 0.0774. The number of H-pyrrole nitrogens is 1. The molecule has 0 fully saturated rings. The fourth-order valence-corrected chi connectivity index (χ4v) is 2.96. The van der Waals surface area contributed by atoms with Gasteiger partial charge in [0.1, 0.15) is 12.4 Å². The molecule has 0 aliphatic rings. The second kappa shape index (κ2) is 7.75. The van der Waals surface area contributed by atoms with E-state index in [1.807, 2.05) is 31.2 Å². The van der Waals surface area contributed by atoms with E-state index in [0.717, 1.165) is 11.3 Å². The van der Waals surface area contributed by atoms with E-state index in [-0.39, 0.29) is 11.5 Å². The highest BCUT2D eigenvalue weighted by atomic mass is 32.1. The van der Waals surface area contributed by atoms with Crippen LogP contribution in [0.2, 0.25) is 0 Å². The molecular formula is C20H21N3O3S. The molecule has 0 saturated carbocycles. The van der Waals surface area contributed by atoms with Crippen molar-refractivity contribution in [3.05, 3.63) is 68.7 Å². The Morgan fingerprint density at radius 1 is 1.26 bits per heavy atom. The SMILES string of the molecule is Cc1cccc(OCCN(C)C(=O)c2ccc3c(=O)n(C)c(=S)[nH]c3c2)c1. The number of benzene rings is 2. The van der Waals surface area contributed by atoms with Crippen molar-refractivity contribution in [1.29, 1.82) is 0 Å². The molecule has 2 aromatic carbocycles. The lowest BCUT2D eigenvalue weighted by Crippen LogP contribution is -2.31. The first-order valence-corrected chi connectivity index (χ1v) is 8.95. The number of likely N-dealkylation sites (N-methyl/N-ethyl adjacent to an activating group) is 1. The quantitative estimate of drug-likeness (QED) is 0.688. The highest BCUT2D eigenvalue weighted by Gasteiger charge is 2.13. The lowest BCUT2D eigenvalue weighted by Gasteiger charge is -2.18. The van der Waals surface area contributed by atoms with E-state index in [1.54, 1.807) is 37.2 Å². The maximum atomic E-state index is 12.7. The van der Waals surface area contributed by atoms with E-state index in [1.165, 1.54) is 4.57 Å². The van der Waals surface area contributed by atoms with Crippen molar-refractivity contribution in [2.75, 3.05) is 20.2 Å². The Hall–Kier alpha value is -2.93. The summed E-state index contributed by atoms with van der Waals surface area (Å²) in [6.07, 6.45) is 0. The molecule has 1 N–H and O–H groups in total. The first-order chi connectivity index (χ1) is 12.9. The summed E-state index contributed by atoms with van der Waals surface area (Å²) in [5, 5.41) is 0.494. The summed E-state index contributed by atoms with van der Waals surface area (Å²) in [5.74, 6) is 0.634. The highest BCUT2D eigenvalue weighted by molar-refractivity contribution is 7.71. The molecule has 0 saturated heterocycles. The van der Waals surface area contributed by atoms with Gasteiger partial charge in [0.25, 0.3) is 11.5 Å². The molecule has 0 radical (unpaired) electrons. The Labute approximate surface area is 162 Å². The molecule has 0 atom stereocenters. The number of aromatic nitrogens is 2. The van der Waals surface area contributed by atoms with Crippen LogP contribution in [0, 0.1) is 11.7 Å². The van der Waals surface area contributed by atoms with Gasteiger partial charge in [0.2, 0.25) is 0 Å². The van der Waals surface area contributed by atoms with Crippen LogP contribution >= 0.6 is 12.2 Å². The smallest absolute Gasteiger partial charge is 0.261 e. The summed E-state index contributed by atoms with van der Waals surface area (Å²) in [4.78, 5) is 29.5. The minimum Gasteiger partial charge on any atom is -0.492 e. The molecule has 0 bridgehead atoms. The summed E-state index contributed by atoms with van der Waals surface area (Å²) < 4.78 is 7.39. The topological polar surface area (TPSA) is 67.3 Å². The summed E-state index contributed by atoms with van der Waals surface area (Å²) in [6, 6.07) is 12.7. The van der Waals surface area contributed by atoms with Gasteiger partial charge in [-0.3, -0.25) is 14.2 Å². The molecule has 1 heterocycles. The predicted octanol–water partition coefficient (Wildman–Crippen LogP) is 3.06. The Morgan fingerprint density at radius 2 is 2.04 bits per heavy atom. The van der Waals surface area contributed by atoms with Crippen LogP contribution in [0.25, 0.3) is 10.9 Å². The van der Waals surface area contributed by atoms with Crippen LogP contribution in [0.5, 0.6) is 5.75 Å². The number of fused-ring (bicyclic) bond motifs is 1. The third kappa shape index (κ3) is 4.09. The number of amides is 1. The molecule has 0 aliphatic carbocycles. The standard InChI is InChI=1S/C20H21N3O3S/c1-13-5-4-6-15(11-13)26-10-9-22(2)18(24)14-7-8-16-17(12-14)21-20(27)23(3)19(16)25/h4-8,11-12H,9-10H2,1-3H3,(H,21,27). The average Bonchev–Trinajstić information content (AvgIpc) is 2.65. The fourth-order valence-electron chi connectivity index (χ4n) is 2.77. The molecule has 0 aliphatic heterocycles. The minimum absolute atomic E-state index is 0.148. The molecule has 1 aromatic heterocycles. The normalized spacial score (nSPS) is 10.8. The molecule has 0 unspecified atom stereocenters. The van der Waals surface area contributed by atoms with Gasteiger partial charge in [0.15, 0.2) is 4.77 Å². The zero-order chi connectivity index (χ0) is 19.6. The van der Waals surface area contributed by atoms with Crippen LogP contribution in [0.3, 0.4) is 0 Å². The van der Waals surface area contributed by atoms with Crippen molar-refractivity contribution in [1.82, 2.24) is 14.5 Å². The van der Waals surface area contributed by atoms with Gasteiger partial charge in [0.05, 0.1) is 17.4 Å². The van der Waals surface area contributed by atoms with Gasteiger partial charge in [-0.05, 0) is 55.0 Å². The molecule has 140 valence electrons. The van der Waals surface area contributed by atoms with Crippen LogP contribution in [0.1, 0.15) is 15.9 Å². The molecule has 27 heavy (non-hydrogen) atoms. The van der Waals surface area contributed by atoms with Gasteiger partial charge >= 0.3 is 0 Å². The second-order valence-corrected chi connectivity index (χ2v) is 6.83. The highest BCUT2D eigenvalue weighted by Crippen LogP contribution is 2.14. The maximum Gasteiger partial charge on any atom is 0.261 e. The second-order valence-electron chi connectivity index (χ2n) is 6.45. The number of carbonyl (C=O) groups excluding carboxylic acids is 1. The Morgan fingerprint density at radius 3 is 2.78 bits per heavy atom. The monoisotopic (exact) mass is 383 g/mol. The lowest BCUT2D eigenvalue weighted by atomic mass is 10.1. The summed E-state index contributed by atoms with van der Waals surface area (Å²) in [6.45, 7) is 2.83. The largest absolute Gasteiger partial charge is 0.492 e. The van der Waals surface area contributed by atoms with Crippen LogP contribution in [-0.4, -0.2) is 40.6 Å². The number of nitrogens with zero attached hydrogens (tertiary/aromatic N) is 2. The predicted molar refractivity (Wildman–Crippen MR) is 108 cm³/mol. The number of hydrogen-bond donors (Lipinski definition) is 1. The Balaban J connectivity index is 1.72. The Bertz CT molecular complexity index is 1120. The third-order valence-corrected chi connectivity index (χ3v) is 4.76. The molecule has 0 spiro atoms. The number of aryl methyl sites for hydroxylation is 1. The van der Waals surface area contributed by atoms with Crippen molar-refractivity contribution in [3.63, 3.8) is 0 Å². The van der Waals surface area contributed by atoms with Crippen LogP contribution in [0.4, 0.5) is 0 Å². The first kappa shape index (κ1) is 18.8. The van der Waals surface area contributed by atoms with Crippen molar-refractivity contribution in [2.24, 2.45) is 7.05 Å². The van der Waals surface area contributed by atoms with Gasteiger partial charge < -0.3 is 14.6 Å². The van der Waals surface area contributed by atoms with E-state index < -0.39 is 0 Å². The summed E-state index contributed by atoms with van der Waals surface area (Å²) in [5.41, 5.74) is 1.97. The van der Waals surface area contributed by atoms with Crippen LogP contribution in [-0.2, 0) is 7.05 Å².